The van der Waals surface area contributed by atoms with Gasteiger partial charge in [-0.15, -0.1) is 0 Å². The van der Waals surface area contributed by atoms with Gasteiger partial charge >= 0.3 is 5.97 Å². The second kappa shape index (κ2) is 2.34. The first-order valence-corrected chi connectivity index (χ1v) is 4.62. The van der Waals surface area contributed by atoms with Crippen molar-refractivity contribution < 1.29 is 9.53 Å². The zero-order valence-electron chi connectivity index (χ0n) is 7.19. The molecule has 1 fully saturated rings. The van der Waals surface area contributed by atoms with Crippen molar-refractivity contribution in [1.82, 2.24) is 0 Å². The Hall–Kier alpha value is -1.31. The molecule has 1 saturated heterocycles. The first-order chi connectivity index (χ1) is 6.34. The molecule has 0 radical (unpaired) electrons. The fourth-order valence-electron chi connectivity index (χ4n) is 2.38. The number of ether oxygens (including phenoxy) is 1. The van der Waals surface area contributed by atoms with Crippen molar-refractivity contribution in [3.8, 4) is 0 Å². The molecule has 2 aliphatic rings. The number of carbonyl (C=O) groups is 1. The highest BCUT2D eigenvalue weighted by Gasteiger charge is 2.41. The SMILES string of the molecule is O=C1CC2Cc3ccccc3C2O1. The van der Waals surface area contributed by atoms with Crippen LogP contribution in [0, 0.1) is 5.92 Å². The summed E-state index contributed by atoms with van der Waals surface area (Å²) in [5, 5.41) is 0. The number of hydrogen-bond donors (Lipinski definition) is 0. The van der Waals surface area contributed by atoms with Crippen LogP contribution in [0.4, 0.5) is 0 Å². The number of carbonyl (C=O) groups excluding carboxylic acids is 1. The highest BCUT2D eigenvalue weighted by atomic mass is 16.6. The molecular weight excluding hydrogens is 164 g/mol. The van der Waals surface area contributed by atoms with E-state index in [0.717, 1.165) is 6.42 Å². The average molecular weight is 174 g/mol. The Morgan fingerprint density at radius 2 is 2.08 bits per heavy atom. The Morgan fingerprint density at radius 1 is 1.23 bits per heavy atom. The van der Waals surface area contributed by atoms with Crippen LogP contribution in [-0.2, 0) is 16.0 Å². The Bertz CT molecular complexity index is 370. The smallest absolute Gasteiger partial charge is 0.306 e. The van der Waals surface area contributed by atoms with Crippen LogP contribution >= 0.6 is 0 Å². The predicted molar refractivity (Wildman–Crippen MR) is 47.1 cm³/mol. The summed E-state index contributed by atoms with van der Waals surface area (Å²) < 4.78 is 5.27. The molecule has 66 valence electrons. The van der Waals surface area contributed by atoms with Gasteiger partial charge in [0.05, 0.1) is 6.42 Å². The van der Waals surface area contributed by atoms with Crippen molar-refractivity contribution in [3.05, 3.63) is 35.4 Å². The van der Waals surface area contributed by atoms with Crippen LogP contribution < -0.4 is 0 Å². The summed E-state index contributed by atoms with van der Waals surface area (Å²) in [6, 6.07) is 8.25. The Kier molecular flexibility index (Phi) is 1.29. The maximum atomic E-state index is 11.0. The van der Waals surface area contributed by atoms with E-state index in [-0.39, 0.29) is 12.1 Å². The second-order valence-electron chi connectivity index (χ2n) is 3.78. The maximum Gasteiger partial charge on any atom is 0.306 e. The van der Waals surface area contributed by atoms with Crippen molar-refractivity contribution >= 4 is 5.97 Å². The first kappa shape index (κ1) is 7.13. The van der Waals surface area contributed by atoms with Crippen molar-refractivity contribution in [2.75, 3.05) is 0 Å². The highest BCUT2D eigenvalue weighted by Crippen LogP contribution is 2.44. The minimum absolute atomic E-state index is 0.0375. The molecule has 2 atom stereocenters. The van der Waals surface area contributed by atoms with Gasteiger partial charge in [0.25, 0.3) is 0 Å². The lowest BCUT2D eigenvalue weighted by molar-refractivity contribution is -0.141. The van der Waals surface area contributed by atoms with Crippen LogP contribution in [0.3, 0.4) is 0 Å². The second-order valence-corrected chi connectivity index (χ2v) is 3.78. The van der Waals surface area contributed by atoms with Gasteiger partial charge in [0.1, 0.15) is 6.10 Å². The summed E-state index contributed by atoms with van der Waals surface area (Å²) in [6.07, 6.45) is 1.66. The van der Waals surface area contributed by atoms with Crippen molar-refractivity contribution in [3.63, 3.8) is 0 Å². The first-order valence-electron chi connectivity index (χ1n) is 4.62. The largest absolute Gasteiger partial charge is 0.457 e. The molecule has 3 rings (SSSR count). The molecular formula is C11H10O2. The lowest BCUT2D eigenvalue weighted by atomic mass is 10.0. The lowest BCUT2D eigenvalue weighted by Gasteiger charge is -2.07. The highest BCUT2D eigenvalue weighted by molar-refractivity contribution is 5.73. The van der Waals surface area contributed by atoms with Crippen LogP contribution in [0.2, 0.25) is 0 Å². The van der Waals surface area contributed by atoms with E-state index in [9.17, 15) is 4.79 Å². The van der Waals surface area contributed by atoms with Crippen molar-refractivity contribution in [2.24, 2.45) is 5.92 Å². The molecule has 0 aromatic heterocycles. The van der Waals surface area contributed by atoms with Gasteiger partial charge in [-0.05, 0) is 17.5 Å². The fourth-order valence-corrected chi connectivity index (χ4v) is 2.38. The average Bonchev–Trinajstić information content (AvgIpc) is 2.60. The van der Waals surface area contributed by atoms with Crippen molar-refractivity contribution in [1.29, 1.82) is 0 Å². The molecule has 0 N–H and O–H groups in total. The van der Waals surface area contributed by atoms with Gasteiger partial charge < -0.3 is 4.74 Å². The summed E-state index contributed by atoms with van der Waals surface area (Å²) in [7, 11) is 0. The van der Waals surface area contributed by atoms with Gasteiger partial charge in [-0.25, -0.2) is 0 Å². The molecule has 1 aliphatic heterocycles. The van der Waals surface area contributed by atoms with Gasteiger partial charge in [0.2, 0.25) is 0 Å². The monoisotopic (exact) mass is 174 g/mol. The molecule has 2 heteroatoms. The van der Waals surface area contributed by atoms with Gasteiger partial charge in [-0.3, -0.25) is 4.79 Å². The molecule has 1 aromatic rings. The molecule has 0 spiro atoms. The van der Waals surface area contributed by atoms with E-state index in [0.29, 0.717) is 12.3 Å². The molecule has 0 saturated carbocycles. The maximum absolute atomic E-state index is 11.0. The van der Waals surface area contributed by atoms with Crippen LogP contribution in [0.15, 0.2) is 24.3 Å². The van der Waals surface area contributed by atoms with Crippen LogP contribution in [0.25, 0.3) is 0 Å². The predicted octanol–water partition coefficient (Wildman–Crippen LogP) is 1.85. The van der Waals surface area contributed by atoms with E-state index < -0.39 is 0 Å². The van der Waals surface area contributed by atoms with E-state index in [1.165, 1.54) is 11.1 Å². The van der Waals surface area contributed by atoms with Crippen LogP contribution in [-0.4, -0.2) is 5.97 Å². The topological polar surface area (TPSA) is 26.3 Å². The minimum Gasteiger partial charge on any atom is -0.457 e. The number of hydrogen-bond acceptors (Lipinski definition) is 2. The summed E-state index contributed by atoms with van der Waals surface area (Å²) in [4.78, 5) is 11.0. The summed E-state index contributed by atoms with van der Waals surface area (Å²) in [6.45, 7) is 0. The van der Waals surface area contributed by atoms with E-state index >= 15 is 0 Å². The molecule has 13 heavy (non-hydrogen) atoms. The molecule has 2 nitrogen and oxygen atoms in total. The zero-order chi connectivity index (χ0) is 8.84. The van der Waals surface area contributed by atoms with Crippen LogP contribution in [0.1, 0.15) is 23.7 Å². The van der Waals surface area contributed by atoms with E-state index in [1.807, 2.05) is 12.1 Å². The third-order valence-electron chi connectivity index (χ3n) is 2.96. The Morgan fingerprint density at radius 3 is 3.00 bits per heavy atom. The van der Waals surface area contributed by atoms with E-state index in [2.05, 4.69) is 12.1 Å². The van der Waals surface area contributed by atoms with E-state index in [4.69, 9.17) is 4.74 Å². The third-order valence-corrected chi connectivity index (χ3v) is 2.96. The van der Waals surface area contributed by atoms with Crippen LogP contribution in [0.5, 0.6) is 0 Å². The number of rotatable bonds is 0. The zero-order valence-corrected chi connectivity index (χ0v) is 7.19. The normalized spacial score (nSPS) is 29.7. The van der Waals surface area contributed by atoms with Gasteiger partial charge in [-0.1, -0.05) is 24.3 Å². The standard InChI is InChI=1S/C11H10O2/c12-10-6-8-5-7-3-1-2-4-9(7)11(8)13-10/h1-4,8,11H,5-6H2. The summed E-state index contributed by atoms with van der Waals surface area (Å²) in [5.74, 6) is 0.370. The lowest BCUT2D eigenvalue weighted by Crippen LogP contribution is -1.99. The summed E-state index contributed by atoms with van der Waals surface area (Å²) >= 11 is 0. The van der Waals surface area contributed by atoms with Gasteiger partial charge in [0.15, 0.2) is 0 Å². The molecule has 2 unspecified atom stereocenters. The third kappa shape index (κ3) is 0.916. The quantitative estimate of drug-likeness (QED) is 0.561. The molecule has 0 amide bonds. The van der Waals surface area contributed by atoms with Crippen molar-refractivity contribution in [2.45, 2.75) is 18.9 Å². The van der Waals surface area contributed by atoms with Gasteiger partial charge in [-0.2, -0.15) is 0 Å². The minimum atomic E-state index is -0.0375. The Balaban J connectivity index is 2.06. The Labute approximate surface area is 76.5 Å². The number of esters is 1. The number of fused-ring (bicyclic) bond motifs is 3. The fraction of sp³-hybridized carbons (Fsp3) is 0.364. The molecule has 0 bridgehead atoms. The van der Waals surface area contributed by atoms with Gasteiger partial charge in [0, 0.05) is 5.92 Å². The molecule has 1 aromatic carbocycles. The number of benzene rings is 1. The summed E-state index contributed by atoms with van der Waals surface area (Å²) in [5.41, 5.74) is 2.57. The molecule has 1 aliphatic carbocycles. The van der Waals surface area contributed by atoms with E-state index in [1.54, 1.807) is 0 Å². The molecule has 1 heterocycles.